The highest BCUT2D eigenvalue weighted by Crippen LogP contribution is 1.76. The standard InChI is InChI=1S/C6H13N3O3/c1-8-3-2-6(11)9-12-4-5(7)10/h8H,2-4H2,1H3,(H2,7,10)(H,9,11). The Morgan fingerprint density at radius 1 is 1.50 bits per heavy atom. The third-order valence-electron chi connectivity index (χ3n) is 1.00. The van der Waals surface area contributed by atoms with Crippen molar-refractivity contribution in [2.75, 3.05) is 20.2 Å². The number of primary amides is 1. The van der Waals surface area contributed by atoms with Crippen molar-refractivity contribution in [3.05, 3.63) is 0 Å². The summed E-state index contributed by atoms with van der Waals surface area (Å²) in [5.41, 5.74) is 6.82. The SMILES string of the molecule is CNCCC(=O)NOCC(N)=O. The number of carbonyl (C=O) groups excluding carboxylic acids is 2. The molecule has 6 nitrogen and oxygen atoms in total. The lowest BCUT2D eigenvalue weighted by Gasteiger charge is -2.02. The van der Waals surface area contributed by atoms with Crippen LogP contribution in [-0.2, 0) is 14.4 Å². The first-order valence-electron chi connectivity index (χ1n) is 3.50. The summed E-state index contributed by atoms with van der Waals surface area (Å²) in [5.74, 6) is -0.908. The van der Waals surface area contributed by atoms with Gasteiger partial charge in [0.25, 0.3) is 0 Å². The second-order valence-electron chi connectivity index (χ2n) is 2.13. The van der Waals surface area contributed by atoms with E-state index in [2.05, 4.69) is 15.6 Å². The van der Waals surface area contributed by atoms with E-state index in [0.29, 0.717) is 13.0 Å². The van der Waals surface area contributed by atoms with Gasteiger partial charge in [0, 0.05) is 13.0 Å². The van der Waals surface area contributed by atoms with E-state index in [-0.39, 0.29) is 12.5 Å². The Balaban J connectivity index is 3.25. The predicted molar refractivity (Wildman–Crippen MR) is 41.8 cm³/mol. The van der Waals surface area contributed by atoms with Crippen molar-refractivity contribution in [3.63, 3.8) is 0 Å². The van der Waals surface area contributed by atoms with Gasteiger partial charge >= 0.3 is 0 Å². The van der Waals surface area contributed by atoms with Crippen LogP contribution < -0.4 is 16.5 Å². The maximum atomic E-state index is 10.8. The molecule has 4 N–H and O–H groups in total. The summed E-state index contributed by atoms with van der Waals surface area (Å²) in [6, 6.07) is 0. The average molecular weight is 175 g/mol. The maximum Gasteiger partial charge on any atom is 0.246 e. The molecule has 6 heteroatoms. The molecule has 0 fully saturated rings. The van der Waals surface area contributed by atoms with E-state index in [1.54, 1.807) is 7.05 Å². The van der Waals surface area contributed by atoms with Crippen molar-refractivity contribution in [1.29, 1.82) is 0 Å². The monoisotopic (exact) mass is 175 g/mol. The zero-order chi connectivity index (χ0) is 9.40. The Morgan fingerprint density at radius 3 is 2.67 bits per heavy atom. The third kappa shape index (κ3) is 6.97. The highest BCUT2D eigenvalue weighted by molar-refractivity contribution is 5.76. The van der Waals surface area contributed by atoms with Gasteiger partial charge in [-0.2, -0.15) is 0 Å². The molecule has 0 heterocycles. The van der Waals surface area contributed by atoms with Gasteiger partial charge < -0.3 is 11.1 Å². The average Bonchev–Trinajstić information content (AvgIpc) is 2.00. The summed E-state index contributed by atoms with van der Waals surface area (Å²) in [6.07, 6.45) is 0.301. The molecule has 0 bridgehead atoms. The fourth-order valence-corrected chi connectivity index (χ4v) is 0.477. The second-order valence-corrected chi connectivity index (χ2v) is 2.13. The zero-order valence-electron chi connectivity index (χ0n) is 6.92. The molecule has 2 amide bonds. The molecule has 0 rings (SSSR count). The van der Waals surface area contributed by atoms with E-state index in [9.17, 15) is 9.59 Å². The molecule has 0 aliphatic rings. The van der Waals surface area contributed by atoms with Crippen LogP contribution in [0.4, 0.5) is 0 Å². The summed E-state index contributed by atoms with van der Waals surface area (Å²) in [4.78, 5) is 25.3. The molecule has 70 valence electrons. The Hall–Kier alpha value is -1.14. The van der Waals surface area contributed by atoms with Crippen molar-refractivity contribution in [2.24, 2.45) is 5.73 Å². The minimum atomic E-state index is -0.621. The third-order valence-corrected chi connectivity index (χ3v) is 1.00. The fourth-order valence-electron chi connectivity index (χ4n) is 0.477. The van der Waals surface area contributed by atoms with Crippen molar-refractivity contribution < 1.29 is 14.4 Å². The largest absolute Gasteiger partial charge is 0.368 e. The lowest BCUT2D eigenvalue weighted by Crippen LogP contribution is -2.30. The van der Waals surface area contributed by atoms with Crippen molar-refractivity contribution in [2.45, 2.75) is 6.42 Å². The van der Waals surface area contributed by atoms with Gasteiger partial charge in [-0.15, -0.1) is 0 Å². The Bertz CT molecular complexity index is 160. The lowest BCUT2D eigenvalue weighted by atomic mass is 10.4. The second kappa shape index (κ2) is 6.56. The number of carbonyl (C=O) groups is 2. The van der Waals surface area contributed by atoms with Gasteiger partial charge in [0.05, 0.1) is 0 Å². The summed E-state index contributed by atoms with van der Waals surface area (Å²) < 4.78 is 0. The molecule has 0 aromatic carbocycles. The molecule has 0 unspecified atom stereocenters. The van der Waals surface area contributed by atoms with Gasteiger partial charge in [-0.25, -0.2) is 5.48 Å². The fraction of sp³-hybridized carbons (Fsp3) is 0.667. The molecule has 0 aromatic rings. The van der Waals surface area contributed by atoms with Gasteiger partial charge in [-0.3, -0.25) is 14.4 Å². The minimum Gasteiger partial charge on any atom is -0.368 e. The summed E-state index contributed by atoms with van der Waals surface area (Å²) in [7, 11) is 1.73. The van der Waals surface area contributed by atoms with Crippen LogP contribution in [0.1, 0.15) is 6.42 Å². The van der Waals surface area contributed by atoms with E-state index < -0.39 is 5.91 Å². The van der Waals surface area contributed by atoms with Crippen LogP contribution in [0, 0.1) is 0 Å². The molecule has 0 aliphatic carbocycles. The van der Waals surface area contributed by atoms with Gasteiger partial charge in [0.15, 0.2) is 6.61 Å². The molecule has 0 radical (unpaired) electrons. The quantitative estimate of drug-likeness (QED) is 0.412. The first kappa shape index (κ1) is 10.9. The number of nitrogens with two attached hydrogens (primary N) is 1. The van der Waals surface area contributed by atoms with Crippen LogP contribution in [0.3, 0.4) is 0 Å². The maximum absolute atomic E-state index is 10.8. The highest BCUT2D eigenvalue weighted by atomic mass is 16.7. The van der Waals surface area contributed by atoms with E-state index in [1.807, 2.05) is 0 Å². The normalized spacial score (nSPS) is 9.42. The van der Waals surface area contributed by atoms with Crippen LogP contribution in [0.15, 0.2) is 0 Å². The van der Waals surface area contributed by atoms with E-state index in [1.165, 1.54) is 0 Å². The Labute approximate surface area is 70.4 Å². The van der Waals surface area contributed by atoms with Crippen molar-refractivity contribution >= 4 is 11.8 Å². The number of amides is 2. The molecule has 0 saturated heterocycles. The summed E-state index contributed by atoms with van der Waals surface area (Å²) >= 11 is 0. The first-order valence-corrected chi connectivity index (χ1v) is 3.50. The van der Waals surface area contributed by atoms with E-state index in [0.717, 1.165) is 0 Å². The van der Waals surface area contributed by atoms with E-state index in [4.69, 9.17) is 5.73 Å². The number of rotatable bonds is 6. The summed E-state index contributed by atoms with van der Waals surface area (Å²) in [6.45, 7) is 0.261. The van der Waals surface area contributed by atoms with Gasteiger partial charge in [-0.05, 0) is 7.05 Å². The minimum absolute atomic E-state index is 0.286. The lowest BCUT2D eigenvalue weighted by molar-refractivity contribution is -0.137. The molecule has 0 atom stereocenters. The number of hydroxylamine groups is 1. The predicted octanol–water partition coefficient (Wildman–Crippen LogP) is -1.87. The summed E-state index contributed by atoms with van der Waals surface area (Å²) in [5, 5.41) is 2.79. The molecule has 0 spiro atoms. The Morgan fingerprint density at radius 2 is 2.17 bits per heavy atom. The van der Waals surface area contributed by atoms with Crippen LogP contribution in [0.25, 0.3) is 0 Å². The van der Waals surface area contributed by atoms with Crippen LogP contribution in [0.2, 0.25) is 0 Å². The van der Waals surface area contributed by atoms with Gasteiger partial charge in [0.1, 0.15) is 0 Å². The molecule has 12 heavy (non-hydrogen) atoms. The highest BCUT2D eigenvalue weighted by Gasteiger charge is 2.00. The van der Waals surface area contributed by atoms with Crippen LogP contribution in [0.5, 0.6) is 0 Å². The number of hydrogen-bond acceptors (Lipinski definition) is 4. The molecular weight excluding hydrogens is 162 g/mol. The Kier molecular flexibility index (Phi) is 5.94. The zero-order valence-corrected chi connectivity index (χ0v) is 6.92. The number of nitrogens with one attached hydrogen (secondary N) is 2. The van der Waals surface area contributed by atoms with Crippen molar-refractivity contribution in [1.82, 2.24) is 10.8 Å². The number of hydrogen-bond donors (Lipinski definition) is 3. The first-order chi connectivity index (χ1) is 5.66. The van der Waals surface area contributed by atoms with Crippen molar-refractivity contribution in [3.8, 4) is 0 Å². The topological polar surface area (TPSA) is 93.4 Å². The molecule has 0 aliphatic heterocycles. The molecule has 0 aromatic heterocycles. The van der Waals surface area contributed by atoms with Crippen LogP contribution >= 0.6 is 0 Å². The van der Waals surface area contributed by atoms with Gasteiger partial charge in [0.2, 0.25) is 11.8 Å². The smallest absolute Gasteiger partial charge is 0.246 e. The van der Waals surface area contributed by atoms with Gasteiger partial charge in [-0.1, -0.05) is 0 Å². The molecular formula is C6H13N3O3. The van der Waals surface area contributed by atoms with Crippen LogP contribution in [-0.4, -0.2) is 32.0 Å². The van der Waals surface area contributed by atoms with E-state index >= 15 is 0 Å². The molecule has 0 saturated carbocycles.